The summed E-state index contributed by atoms with van der Waals surface area (Å²) in [5.41, 5.74) is 0. The van der Waals surface area contributed by atoms with Crippen LogP contribution in [0.2, 0.25) is 0 Å². The molecule has 0 radical (unpaired) electrons. The number of amides is 1. The summed E-state index contributed by atoms with van der Waals surface area (Å²) in [6, 6.07) is 0.101. The van der Waals surface area contributed by atoms with Gasteiger partial charge >= 0.3 is 0 Å². The minimum absolute atomic E-state index is 0.0591. The van der Waals surface area contributed by atoms with Crippen molar-refractivity contribution in [3.8, 4) is 0 Å². The molecule has 3 aliphatic rings. The van der Waals surface area contributed by atoms with E-state index in [2.05, 4.69) is 5.32 Å². The molecule has 2 aliphatic heterocycles. The van der Waals surface area contributed by atoms with E-state index < -0.39 is 0 Å². The monoisotopic (exact) mass is 147 g/mol. The fraction of sp³-hybridized carbons (Fsp3) is 0.222. The van der Waals surface area contributed by atoms with Crippen molar-refractivity contribution >= 4 is 5.91 Å². The molecule has 2 heterocycles. The Hall–Kier alpha value is -1.31. The van der Waals surface area contributed by atoms with Crippen molar-refractivity contribution in [2.75, 3.05) is 0 Å². The van der Waals surface area contributed by atoms with Crippen LogP contribution in [0.4, 0.5) is 0 Å². The van der Waals surface area contributed by atoms with E-state index in [9.17, 15) is 4.79 Å². The van der Waals surface area contributed by atoms with Crippen molar-refractivity contribution in [2.45, 2.75) is 6.04 Å². The summed E-state index contributed by atoms with van der Waals surface area (Å²) in [6.07, 6.45) is 11.7. The molecule has 0 saturated carbocycles. The van der Waals surface area contributed by atoms with Gasteiger partial charge in [0.15, 0.2) is 0 Å². The number of nitrogens with one attached hydrogen (secondary N) is 1. The van der Waals surface area contributed by atoms with Crippen LogP contribution in [0.1, 0.15) is 0 Å². The number of hydrogen-bond acceptors (Lipinski definition) is 1. The van der Waals surface area contributed by atoms with E-state index in [1.54, 1.807) is 0 Å². The fourth-order valence-electron chi connectivity index (χ4n) is 1.27. The standard InChI is InChI=1S/C9H9NO/c11-9-7-3-1-2-4-8(10-9)6-5-7/h1-8H,(H,10,11)/t7-,8+/m0/s1. The van der Waals surface area contributed by atoms with Crippen LogP contribution in [0.25, 0.3) is 0 Å². The molecular formula is C9H9NO. The summed E-state index contributed by atoms with van der Waals surface area (Å²) in [4.78, 5) is 11.2. The Morgan fingerprint density at radius 3 is 2.73 bits per heavy atom. The number of allylic oxidation sites excluding steroid dienone is 2. The molecule has 56 valence electrons. The van der Waals surface area contributed by atoms with Gasteiger partial charge in [-0.3, -0.25) is 4.79 Å². The van der Waals surface area contributed by atoms with Gasteiger partial charge in [-0.1, -0.05) is 36.5 Å². The maximum absolute atomic E-state index is 11.2. The summed E-state index contributed by atoms with van der Waals surface area (Å²) in [5.74, 6) is 0.0364. The first-order valence-corrected chi connectivity index (χ1v) is 3.70. The quantitative estimate of drug-likeness (QED) is 0.504. The lowest BCUT2D eigenvalue weighted by molar-refractivity contribution is -0.123. The van der Waals surface area contributed by atoms with Gasteiger partial charge in [0.05, 0.1) is 12.0 Å². The fourth-order valence-corrected chi connectivity index (χ4v) is 1.27. The molecule has 0 unspecified atom stereocenters. The van der Waals surface area contributed by atoms with E-state index in [-0.39, 0.29) is 17.9 Å². The topological polar surface area (TPSA) is 29.1 Å². The van der Waals surface area contributed by atoms with E-state index in [0.29, 0.717) is 0 Å². The Bertz CT molecular complexity index is 263. The van der Waals surface area contributed by atoms with Gasteiger partial charge in [0.25, 0.3) is 0 Å². The average molecular weight is 147 g/mol. The van der Waals surface area contributed by atoms with Gasteiger partial charge in [-0.05, 0) is 0 Å². The van der Waals surface area contributed by atoms with Crippen molar-refractivity contribution in [2.24, 2.45) is 5.92 Å². The van der Waals surface area contributed by atoms with Gasteiger partial charge in [0.1, 0.15) is 0 Å². The Labute approximate surface area is 65.3 Å². The molecule has 0 spiro atoms. The first-order chi connectivity index (χ1) is 5.36. The Morgan fingerprint density at radius 2 is 1.91 bits per heavy atom. The second-order valence-corrected chi connectivity index (χ2v) is 2.71. The van der Waals surface area contributed by atoms with Crippen LogP contribution in [0.3, 0.4) is 0 Å². The van der Waals surface area contributed by atoms with E-state index in [1.165, 1.54) is 0 Å². The van der Waals surface area contributed by atoms with Crippen LogP contribution in [0.5, 0.6) is 0 Å². The average Bonchev–Trinajstić information content (AvgIpc) is 1.92. The zero-order valence-electron chi connectivity index (χ0n) is 6.03. The van der Waals surface area contributed by atoms with E-state index in [4.69, 9.17) is 0 Å². The minimum Gasteiger partial charge on any atom is -0.346 e. The lowest BCUT2D eigenvalue weighted by atomic mass is 9.99. The number of rotatable bonds is 0. The van der Waals surface area contributed by atoms with Gasteiger partial charge < -0.3 is 5.32 Å². The van der Waals surface area contributed by atoms with Gasteiger partial charge in [-0.25, -0.2) is 0 Å². The second kappa shape index (κ2) is 2.38. The smallest absolute Gasteiger partial charge is 0.231 e. The van der Waals surface area contributed by atoms with Crippen molar-refractivity contribution in [1.29, 1.82) is 0 Å². The van der Waals surface area contributed by atoms with Crippen molar-refractivity contribution in [3.05, 3.63) is 36.5 Å². The number of fused-ring (bicyclic) bond motifs is 2. The van der Waals surface area contributed by atoms with Gasteiger partial charge in [0, 0.05) is 0 Å². The molecule has 0 aromatic carbocycles. The van der Waals surface area contributed by atoms with Crippen molar-refractivity contribution in [1.82, 2.24) is 5.32 Å². The zero-order chi connectivity index (χ0) is 7.68. The summed E-state index contributed by atoms with van der Waals surface area (Å²) in [5, 5.41) is 2.85. The Kier molecular flexibility index (Phi) is 1.39. The predicted molar refractivity (Wildman–Crippen MR) is 42.8 cm³/mol. The maximum atomic E-state index is 11.2. The first kappa shape index (κ1) is 6.40. The molecule has 0 fully saturated rings. The first-order valence-electron chi connectivity index (χ1n) is 3.70. The largest absolute Gasteiger partial charge is 0.346 e. The second-order valence-electron chi connectivity index (χ2n) is 2.71. The van der Waals surface area contributed by atoms with Crippen LogP contribution in [0, 0.1) is 5.92 Å². The number of carbonyl (C=O) groups is 1. The minimum atomic E-state index is -0.0591. The molecule has 2 nitrogen and oxygen atoms in total. The van der Waals surface area contributed by atoms with Gasteiger partial charge in [-0.2, -0.15) is 0 Å². The highest BCUT2D eigenvalue weighted by molar-refractivity contribution is 5.84. The van der Waals surface area contributed by atoms with Crippen LogP contribution >= 0.6 is 0 Å². The van der Waals surface area contributed by atoms with E-state index in [0.717, 1.165) is 0 Å². The van der Waals surface area contributed by atoms with Crippen LogP contribution in [0.15, 0.2) is 36.5 Å². The third kappa shape index (κ3) is 1.11. The predicted octanol–water partition coefficient (Wildman–Crippen LogP) is 0.783. The SMILES string of the molecule is O=C1N[C@@H]2C=CC=C[C@H]1C=C2. The van der Waals surface area contributed by atoms with Crippen LogP contribution < -0.4 is 5.32 Å². The molecule has 0 saturated heterocycles. The van der Waals surface area contributed by atoms with Crippen LogP contribution in [-0.4, -0.2) is 11.9 Å². The number of hydrogen-bond donors (Lipinski definition) is 1. The molecular weight excluding hydrogens is 138 g/mol. The van der Waals surface area contributed by atoms with E-state index >= 15 is 0 Å². The van der Waals surface area contributed by atoms with Gasteiger partial charge in [0.2, 0.25) is 5.91 Å². The van der Waals surface area contributed by atoms with Gasteiger partial charge in [-0.15, -0.1) is 0 Å². The summed E-state index contributed by atoms with van der Waals surface area (Å²) < 4.78 is 0. The van der Waals surface area contributed by atoms with Crippen molar-refractivity contribution in [3.63, 3.8) is 0 Å². The third-order valence-electron chi connectivity index (χ3n) is 1.89. The highest BCUT2D eigenvalue weighted by atomic mass is 16.1. The molecule has 11 heavy (non-hydrogen) atoms. The Morgan fingerprint density at radius 1 is 1.09 bits per heavy atom. The molecule has 1 amide bonds. The molecule has 2 heteroatoms. The molecule has 0 aromatic rings. The lowest BCUT2D eigenvalue weighted by Gasteiger charge is -2.20. The maximum Gasteiger partial charge on any atom is 0.231 e. The number of carbonyl (C=O) groups excluding carboxylic acids is 1. The van der Waals surface area contributed by atoms with E-state index in [1.807, 2.05) is 36.5 Å². The lowest BCUT2D eigenvalue weighted by Crippen LogP contribution is -2.39. The highest BCUT2D eigenvalue weighted by Crippen LogP contribution is 2.12. The Balaban J connectivity index is 2.38. The third-order valence-corrected chi connectivity index (χ3v) is 1.89. The summed E-state index contributed by atoms with van der Waals surface area (Å²) in [6.45, 7) is 0. The molecule has 0 aromatic heterocycles. The molecule has 2 atom stereocenters. The highest BCUT2D eigenvalue weighted by Gasteiger charge is 2.19. The molecule has 1 N–H and O–H groups in total. The molecule has 3 rings (SSSR count). The summed E-state index contributed by atoms with van der Waals surface area (Å²) >= 11 is 0. The van der Waals surface area contributed by atoms with Crippen LogP contribution in [-0.2, 0) is 4.79 Å². The van der Waals surface area contributed by atoms with Crippen molar-refractivity contribution < 1.29 is 4.79 Å². The normalized spacial score (nSPS) is 33.3. The molecule has 2 bridgehead atoms. The molecule has 1 aliphatic carbocycles. The summed E-state index contributed by atoms with van der Waals surface area (Å²) in [7, 11) is 0. The zero-order valence-corrected chi connectivity index (χ0v) is 6.03.